The molecule has 1 aromatic rings. The molecule has 1 heterocycles. The molecule has 0 N–H and O–H groups in total. The maximum Gasteiger partial charge on any atom is 0.0796 e. The highest BCUT2D eigenvalue weighted by molar-refractivity contribution is 5.16. The van der Waals surface area contributed by atoms with Crippen molar-refractivity contribution in [3.05, 3.63) is 60.2 Å². The molecule has 0 radical (unpaired) electrons. The Labute approximate surface area is 104 Å². The van der Waals surface area contributed by atoms with Crippen LogP contribution in [0.1, 0.15) is 25.3 Å². The van der Waals surface area contributed by atoms with Gasteiger partial charge in [0.1, 0.15) is 0 Å². The van der Waals surface area contributed by atoms with Crippen LogP contribution in [0.2, 0.25) is 0 Å². The highest BCUT2D eigenvalue weighted by atomic mass is 16.5. The summed E-state index contributed by atoms with van der Waals surface area (Å²) in [6.45, 7) is 6.00. The van der Waals surface area contributed by atoms with Gasteiger partial charge in [-0.05, 0) is 31.7 Å². The minimum absolute atomic E-state index is 0.218. The summed E-state index contributed by atoms with van der Waals surface area (Å²) in [5.74, 6) is 0. The van der Waals surface area contributed by atoms with Crippen LogP contribution in [0.5, 0.6) is 0 Å². The largest absolute Gasteiger partial charge is 0.370 e. The summed E-state index contributed by atoms with van der Waals surface area (Å²) in [5, 5.41) is 0. The van der Waals surface area contributed by atoms with Gasteiger partial charge in [0, 0.05) is 0 Å². The average Bonchev–Trinajstić information content (AvgIpc) is 2.30. The zero-order chi connectivity index (χ0) is 12.1. The van der Waals surface area contributed by atoms with Gasteiger partial charge in [0.25, 0.3) is 0 Å². The second-order valence-electron chi connectivity index (χ2n) is 4.81. The van der Waals surface area contributed by atoms with Crippen LogP contribution in [0.4, 0.5) is 0 Å². The standard InChI is InChI=1S/C16H20O/c1-13(2)11-15-9-6-10-16(17-15)12-14-7-4-3-5-8-14/h3-9,15-16H,1,10-12H2,2H3/t15-,16-/m0/s1. The summed E-state index contributed by atoms with van der Waals surface area (Å²) in [7, 11) is 0. The van der Waals surface area contributed by atoms with Crippen molar-refractivity contribution < 1.29 is 4.74 Å². The van der Waals surface area contributed by atoms with Crippen LogP contribution in [-0.2, 0) is 11.2 Å². The summed E-state index contributed by atoms with van der Waals surface area (Å²) in [5.41, 5.74) is 2.53. The second-order valence-corrected chi connectivity index (χ2v) is 4.81. The van der Waals surface area contributed by atoms with E-state index in [1.807, 2.05) is 0 Å². The molecule has 2 rings (SSSR count). The average molecular weight is 228 g/mol. The molecular weight excluding hydrogens is 208 g/mol. The molecule has 0 unspecified atom stereocenters. The van der Waals surface area contributed by atoms with E-state index < -0.39 is 0 Å². The Morgan fingerprint density at radius 2 is 2.12 bits per heavy atom. The van der Waals surface area contributed by atoms with Gasteiger partial charge < -0.3 is 4.74 Å². The van der Waals surface area contributed by atoms with Crippen molar-refractivity contribution >= 4 is 0 Å². The smallest absolute Gasteiger partial charge is 0.0796 e. The first kappa shape index (κ1) is 12.1. The molecule has 17 heavy (non-hydrogen) atoms. The van der Waals surface area contributed by atoms with Crippen molar-refractivity contribution in [2.24, 2.45) is 0 Å². The van der Waals surface area contributed by atoms with Gasteiger partial charge in [0.05, 0.1) is 12.2 Å². The number of rotatable bonds is 4. The van der Waals surface area contributed by atoms with Gasteiger partial charge in [0.15, 0.2) is 0 Å². The van der Waals surface area contributed by atoms with Gasteiger partial charge in [-0.3, -0.25) is 0 Å². The van der Waals surface area contributed by atoms with Gasteiger partial charge in [-0.2, -0.15) is 0 Å². The highest BCUT2D eigenvalue weighted by Crippen LogP contribution is 2.20. The molecule has 90 valence electrons. The van der Waals surface area contributed by atoms with Crippen molar-refractivity contribution in [3.63, 3.8) is 0 Å². The molecule has 0 amide bonds. The van der Waals surface area contributed by atoms with Crippen LogP contribution in [0.3, 0.4) is 0 Å². The quantitative estimate of drug-likeness (QED) is 0.710. The summed E-state index contributed by atoms with van der Waals surface area (Å²) in [4.78, 5) is 0. The first-order valence-electron chi connectivity index (χ1n) is 6.24. The Bertz CT molecular complexity index is 391. The third-order valence-corrected chi connectivity index (χ3v) is 2.97. The normalized spacial score (nSPS) is 23.6. The summed E-state index contributed by atoms with van der Waals surface area (Å²) in [6, 6.07) is 10.5. The predicted molar refractivity (Wildman–Crippen MR) is 72.0 cm³/mol. The van der Waals surface area contributed by atoms with E-state index >= 15 is 0 Å². The number of benzene rings is 1. The fraction of sp³-hybridized carbons (Fsp3) is 0.375. The van der Waals surface area contributed by atoms with Crippen LogP contribution >= 0.6 is 0 Å². The fourth-order valence-corrected chi connectivity index (χ4v) is 2.20. The van der Waals surface area contributed by atoms with Gasteiger partial charge in [-0.15, -0.1) is 6.58 Å². The highest BCUT2D eigenvalue weighted by Gasteiger charge is 2.18. The lowest BCUT2D eigenvalue weighted by Gasteiger charge is -2.26. The lowest BCUT2D eigenvalue weighted by atomic mass is 10.0. The minimum atomic E-state index is 0.218. The van der Waals surface area contributed by atoms with E-state index in [2.05, 4.69) is 56.0 Å². The van der Waals surface area contributed by atoms with E-state index in [0.717, 1.165) is 19.3 Å². The molecule has 0 saturated carbocycles. The lowest BCUT2D eigenvalue weighted by Crippen LogP contribution is -2.26. The van der Waals surface area contributed by atoms with Crippen LogP contribution in [0.25, 0.3) is 0 Å². The maximum absolute atomic E-state index is 6.05. The predicted octanol–water partition coefficient (Wildman–Crippen LogP) is 3.91. The molecule has 1 aliphatic heterocycles. The maximum atomic E-state index is 6.05. The third kappa shape index (κ3) is 3.86. The minimum Gasteiger partial charge on any atom is -0.370 e. The summed E-state index contributed by atoms with van der Waals surface area (Å²) < 4.78 is 6.05. The summed E-state index contributed by atoms with van der Waals surface area (Å²) >= 11 is 0. The first-order chi connectivity index (χ1) is 8.24. The molecule has 2 atom stereocenters. The van der Waals surface area contributed by atoms with Crippen LogP contribution in [0.15, 0.2) is 54.6 Å². The zero-order valence-corrected chi connectivity index (χ0v) is 10.4. The van der Waals surface area contributed by atoms with Gasteiger partial charge in [-0.25, -0.2) is 0 Å². The molecule has 1 nitrogen and oxygen atoms in total. The Balaban J connectivity index is 1.91. The number of ether oxygens (including phenoxy) is 1. The van der Waals surface area contributed by atoms with E-state index in [9.17, 15) is 0 Å². The molecule has 0 saturated heterocycles. The molecule has 1 aromatic carbocycles. The molecule has 1 heteroatoms. The van der Waals surface area contributed by atoms with Gasteiger partial charge in [-0.1, -0.05) is 48.1 Å². The monoisotopic (exact) mass is 228 g/mol. The van der Waals surface area contributed by atoms with Gasteiger partial charge in [0.2, 0.25) is 0 Å². The van der Waals surface area contributed by atoms with Crippen LogP contribution in [0, 0.1) is 0 Å². The van der Waals surface area contributed by atoms with E-state index in [1.165, 1.54) is 11.1 Å². The molecule has 0 bridgehead atoms. The Hall–Kier alpha value is -1.34. The third-order valence-electron chi connectivity index (χ3n) is 2.97. The summed E-state index contributed by atoms with van der Waals surface area (Å²) in [6.07, 6.45) is 7.88. The second kappa shape index (κ2) is 5.83. The molecule has 0 fully saturated rings. The van der Waals surface area contributed by atoms with Crippen LogP contribution in [-0.4, -0.2) is 12.2 Å². The van der Waals surface area contributed by atoms with E-state index in [4.69, 9.17) is 4.74 Å². The van der Waals surface area contributed by atoms with Crippen LogP contribution < -0.4 is 0 Å². The Morgan fingerprint density at radius 3 is 2.82 bits per heavy atom. The topological polar surface area (TPSA) is 9.23 Å². The molecule has 0 aliphatic carbocycles. The van der Waals surface area contributed by atoms with Crippen molar-refractivity contribution in [2.45, 2.75) is 38.4 Å². The Morgan fingerprint density at radius 1 is 1.35 bits per heavy atom. The zero-order valence-electron chi connectivity index (χ0n) is 10.4. The number of hydrogen-bond donors (Lipinski definition) is 0. The number of hydrogen-bond acceptors (Lipinski definition) is 1. The Kier molecular flexibility index (Phi) is 4.16. The molecule has 0 aromatic heterocycles. The van der Waals surface area contributed by atoms with Crippen molar-refractivity contribution in [3.8, 4) is 0 Å². The SMILES string of the molecule is C=C(C)C[C@@H]1C=CC[C@@H](Cc2ccccc2)O1. The van der Waals surface area contributed by atoms with Crippen molar-refractivity contribution in [2.75, 3.05) is 0 Å². The van der Waals surface area contributed by atoms with E-state index in [0.29, 0.717) is 6.10 Å². The van der Waals surface area contributed by atoms with Gasteiger partial charge >= 0.3 is 0 Å². The van der Waals surface area contributed by atoms with Crippen molar-refractivity contribution in [1.29, 1.82) is 0 Å². The van der Waals surface area contributed by atoms with E-state index in [-0.39, 0.29) is 6.10 Å². The molecule has 0 spiro atoms. The van der Waals surface area contributed by atoms with E-state index in [1.54, 1.807) is 0 Å². The first-order valence-corrected chi connectivity index (χ1v) is 6.24. The fourth-order valence-electron chi connectivity index (χ4n) is 2.20. The lowest BCUT2D eigenvalue weighted by molar-refractivity contribution is 0.00737. The molecular formula is C16H20O. The van der Waals surface area contributed by atoms with Crippen molar-refractivity contribution in [1.82, 2.24) is 0 Å². The molecule has 1 aliphatic rings.